The molecule has 4 N–H and O–H groups in total. The number of hydrogen-bond donors (Lipinski definition) is 4. The molecule has 1 saturated heterocycles. The van der Waals surface area contributed by atoms with Crippen molar-refractivity contribution in [3.05, 3.63) is 40.4 Å². The van der Waals surface area contributed by atoms with E-state index in [1.54, 1.807) is 0 Å². The van der Waals surface area contributed by atoms with Crippen molar-refractivity contribution in [3.8, 4) is 17.2 Å². The summed E-state index contributed by atoms with van der Waals surface area (Å²) in [5, 5.41) is 22.8. The number of sulfonamides is 1. The molecule has 1 heterocycles. The number of phenolic OH excluding ortho intramolecular Hbond substituents is 2. The van der Waals surface area contributed by atoms with E-state index in [-0.39, 0.29) is 11.1 Å². The van der Waals surface area contributed by atoms with Gasteiger partial charge in [0, 0.05) is 17.1 Å². The molecular formula is C18H16BrF3N2O7S. The second-order valence-electron chi connectivity index (χ2n) is 6.67. The number of amides is 1. The Labute approximate surface area is 188 Å². The maximum atomic E-state index is 12.8. The van der Waals surface area contributed by atoms with E-state index in [4.69, 9.17) is 4.74 Å². The number of benzene rings is 2. The summed E-state index contributed by atoms with van der Waals surface area (Å²) >= 11 is 3.04. The van der Waals surface area contributed by atoms with Crippen LogP contribution in [0.3, 0.4) is 0 Å². The van der Waals surface area contributed by atoms with Crippen molar-refractivity contribution in [2.45, 2.75) is 23.7 Å². The summed E-state index contributed by atoms with van der Waals surface area (Å²) in [4.78, 5) is 11.9. The minimum atomic E-state index is -5.15. The van der Waals surface area contributed by atoms with Crippen molar-refractivity contribution in [1.82, 2.24) is 5.32 Å². The van der Waals surface area contributed by atoms with Crippen molar-refractivity contribution in [2.75, 3.05) is 17.9 Å². The molecule has 1 fully saturated rings. The van der Waals surface area contributed by atoms with Crippen LogP contribution in [0.5, 0.6) is 17.2 Å². The number of ether oxygens (including phenoxy) is 2. The monoisotopic (exact) mass is 540 g/mol. The molecule has 0 spiro atoms. The van der Waals surface area contributed by atoms with Gasteiger partial charge in [-0.1, -0.05) is 15.9 Å². The number of hydrogen-bond acceptors (Lipinski definition) is 7. The van der Waals surface area contributed by atoms with Crippen LogP contribution in [-0.4, -0.2) is 50.2 Å². The lowest BCUT2D eigenvalue weighted by molar-refractivity contribution is -0.274. The molecule has 1 aliphatic heterocycles. The van der Waals surface area contributed by atoms with Crippen molar-refractivity contribution < 1.29 is 46.1 Å². The zero-order valence-corrected chi connectivity index (χ0v) is 18.3. The van der Waals surface area contributed by atoms with Crippen LogP contribution in [0.25, 0.3) is 0 Å². The number of anilines is 1. The Hall–Kier alpha value is -2.71. The molecule has 32 heavy (non-hydrogen) atoms. The Morgan fingerprint density at radius 3 is 2.56 bits per heavy atom. The number of nitrogens with one attached hydrogen (secondary N) is 2. The number of carbonyl (C=O) groups is 1. The Morgan fingerprint density at radius 1 is 1.22 bits per heavy atom. The molecule has 1 amide bonds. The Balaban J connectivity index is 2.02. The first-order chi connectivity index (χ1) is 14.9. The summed E-state index contributed by atoms with van der Waals surface area (Å²) in [7, 11) is -4.59. The molecule has 0 bridgehead atoms. The molecule has 0 saturated carbocycles. The van der Waals surface area contributed by atoms with Gasteiger partial charge in [-0.2, -0.15) is 0 Å². The van der Waals surface area contributed by atoms with Gasteiger partial charge in [0.25, 0.3) is 15.9 Å². The molecule has 0 unspecified atom stereocenters. The SMILES string of the molecule is O=C(N[C@H]1CCOC1)c1cc(OC(F)(F)F)cc(NS(=O)(=O)c2cc(Br)ccc2O)c1O. The largest absolute Gasteiger partial charge is 0.573 e. The minimum absolute atomic E-state index is 0.174. The minimum Gasteiger partial charge on any atom is -0.507 e. The van der Waals surface area contributed by atoms with Gasteiger partial charge < -0.3 is 25.0 Å². The quantitative estimate of drug-likeness (QED) is 0.413. The number of aromatic hydroxyl groups is 2. The number of rotatable bonds is 6. The summed E-state index contributed by atoms with van der Waals surface area (Å²) in [6, 6.07) is 4.22. The highest BCUT2D eigenvalue weighted by atomic mass is 79.9. The van der Waals surface area contributed by atoms with E-state index in [9.17, 15) is 36.6 Å². The third-order valence-corrected chi connectivity index (χ3v) is 6.17. The van der Waals surface area contributed by atoms with Crippen LogP contribution in [-0.2, 0) is 14.8 Å². The van der Waals surface area contributed by atoms with E-state index in [1.165, 1.54) is 6.07 Å². The maximum Gasteiger partial charge on any atom is 0.573 e. The smallest absolute Gasteiger partial charge is 0.507 e. The van der Waals surface area contributed by atoms with E-state index in [1.807, 2.05) is 4.72 Å². The Kier molecular flexibility index (Phi) is 6.76. The van der Waals surface area contributed by atoms with Gasteiger partial charge in [-0.3, -0.25) is 9.52 Å². The van der Waals surface area contributed by atoms with Gasteiger partial charge >= 0.3 is 6.36 Å². The number of carbonyl (C=O) groups excluding carboxylic acids is 1. The maximum absolute atomic E-state index is 12.8. The lowest BCUT2D eigenvalue weighted by Crippen LogP contribution is -2.35. The summed E-state index contributed by atoms with van der Waals surface area (Å²) in [6.45, 7) is 0.544. The molecule has 2 aromatic rings. The van der Waals surface area contributed by atoms with Crippen LogP contribution in [0.4, 0.5) is 18.9 Å². The van der Waals surface area contributed by atoms with Crippen molar-refractivity contribution in [3.63, 3.8) is 0 Å². The summed E-state index contributed by atoms with van der Waals surface area (Å²) < 4.78 is 74.7. The molecule has 0 aliphatic carbocycles. The van der Waals surface area contributed by atoms with Gasteiger partial charge in [0.2, 0.25) is 0 Å². The first-order valence-electron chi connectivity index (χ1n) is 8.88. The van der Waals surface area contributed by atoms with Crippen molar-refractivity contribution in [2.24, 2.45) is 0 Å². The van der Waals surface area contributed by atoms with E-state index in [2.05, 4.69) is 26.0 Å². The topological polar surface area (TPSA) is 134 Å². The highest BCUT2D eigenvalue weighted by Gasteiger charge is 2.33. The highest BCUT2D eigenvalue weighted by molar-refractivity contribution is 9.10. The van der Waals surface area contributed by atoms with Crippen LogP contribution < -0.4 is 14.8 Å². The van der Waals surface area contributed by atoms with Gasteiger partial charge in [0.1, 0.15) is 16.4 Å². The van der Waals surface area contributed by atoms with Crippen LogP contribution in [0.15, 0.2) is 39.7 Å². The number of phenols is 2. The van der Waals surface area contributed by atoms with E-state index >= 15 is 0 Å². The fourth-order valence-electron chi connectivity index (χ4n) is 2.87. The van der Waals surface area contributed by atoms with Gasteiger partial charge in [0.15, 0.2) is 5.75 Å². The number of alkyl halides is 3. The summed E-state index contributed by atoms with van der Waals surface area (Å²) in [6.07, 6.45) is -4.70. The summed E-state index contributed by atoms with van der Waals surface area (Å²) in [5.74, 6) is -3.49. The molecule has 174 valence electrons. The molecule has 1 aliphatic rings. The van der Waals surface area contributed by atoms with E-state index in [0.29, 0.717) is 25.2 Å². The average Bonchev–Trinajstić information content (AvgIpc) is 3.17. The molecule has 3 rings (SSSR count). The van der Waals surface area contributed by atoms with E-state index in [0.717, 1.165) is 12.1 Å². The predicted molar refractivity (Wildman–Crippen MR) is 108 cm³/mol. The normalized spacial score (nSPS) is 16.6. The molecular weight excluding hydrogens is 525 g/mol. The van der Waals surface area contributed by atoms with Crippen LogP contribution >= 0.6 is 15.9 Å². The van der Waals surface area contributed by atoms with Crippen LogP contribution in [0.1, 0.15) is 16.8 Å². The lowest BCUT2D eigenvalue weighted by atomic mass is 10.1. The fourth-order valence-corrected chi connectivity index (χ4v) is 4.56. The Morgan fingerprint density at radius 2 is 1.94 bits per heavy atom. The van der Waals surface area contributed by atoms with Gasteiger partial charge in [0.05, 0.1) is 23.9 Å². The average molecular weight is 541 g/mol. The third kappa shape index (κ3) is 5.75. The van der Waals surface area contributed by atoms with Crippen LogP contribution in [0, 0.1) is 0 Å². The molecule has 0 aromatic heterocycles. The molecule has 2 aromatic carbocycles. The van der Waals surface area contributed by atoms with Crippen molar-refractivity contribution >= 4 is 37.5 Å². The molecule has 0 radical (unpaired) electrons. The standard InChI is InChI=1S/C18H16BrF3N2O7S/c19-9-1-2-14(25)15(5-9)32(28,29)24-13-7-11(31-18(20,21)22)6-12(16(13)26)17(27)23-10-3-4-30-8-10/h1-2,5-7,10,24-26H,3-4,8H2,(H,23,27)/t10-/m0/s1. The molecule has 1 atom stereocenters. The molecule has 9 nitrogen and oxygen atoms in total. The highest BCUT2D eigenvalue weighted by Crippen LogP contribution is 2.37. The molecule has 14 heteroatoms. The lowest BCUT2D eigenvalue weighted by Gasteiger charge is -2.17. The summed E-state index contributed by atoms with van der Waals surface area (Å²) in [5.41, 5.74) is -1.42. The van der Waals surface area contributed by atoms with Crippen molar-refractivity contribution in [1.29, 1.82) is 0 Å². The van der Waals surface area contributed by atoms with Gasteiger partial charge in [-0.15, -0.1) is 13.2 Å². The first kappa shape index (κ1) is 23.9. The second kappa shape index (κ2) is 9.03. The second-order valence-corrected chi connectivity index (χ2v) is 9.23. The zero-order valence-electron chi connectivity index (χ0n) is 15.9. The predicted octanol–water partition coefficient (Wildman–Crippen LogP) is 3.08. The van der Waals surface area contributed by atoms with Crippen LogP contribution in [0.2, 0.25) is 0 Å². The third-order valence-electron chi connectivity index (χ3n) is 4.28. The van der Waals surface area contributed by atoms with E-state index < -0.39 is 61.7 Å². The zero-order chi connectivity index (χ0) is 23.7. The Bertz CT molecular complexity index is 1140. The fraction of sp³-hybridized carbons (Fsp3) is 0.278. The first-order valence-corrected chi connectivity index (χ1v) is 11.2. The van der Waals surface area contributed by atoms with Gasteiger partial charge in [-0.05, 0) is 30.7 Å². The number of halogens is 4. The van der Waals surface area contributed by atoms with Gasteiger partial charge in [-0.25, -0.2) is 8.42 Å².